The van der Waals surface area contributed by atoms with Crippen molar-refractivity contribution >= 4 is 17.5 Å². The van der Waals surface area contributed by atoms with E-state index in [2.05, 4.69) is 0 Å². The molecule has 1 amide bonds. The van der Waals surface area contributed by atoms with Gasteiger partial charge in [0, 0.05) is 24.9 Å². The highest BCUT2D eigenvalue weighted by Crippen LogP contribution is 2.54. The molecule has 92 valence electrons. The maximum absolute atomic E-state index is 12.5. The summed E-state index contributed by atoms with van der Waals surface area (Å²) < 4.78 is 25.0. The van der Waals surface area contributed by atoms with Crippen LogP contribution in [0.1, 0.15) is 26.2 Å². The molecular weight excluding hydrogens is 236 g/mol. The molecule has 2 rings (SSSR count). The predicted octanol–water partition coefficient (Wildman–Crippen LogP) is 2.51. The lowest BCUT2D eigenvalue weighted by Crippen LogP contribution is -2.61. The molecule has 2 aliphatic rings. The second-order valence-corrected chi connectivity index (χ2v) is 5.70. The Labute approximate surface area is 98.9 Å². The Morgan fingerprint density at radius 3 is 2.44 bits per heavy atom. The first kappa shape index (κ1) is 12.1. The van der Waals surface area contributed by atoms with Crippen LogP contribution in [0.25, 0.3) is 0 Å². The van der Waals surface area contributed by atoms with Crippen molar-refractivity contribution in [3.63, 3.8) is 0 Å². The van der Waals surface area contributed by atoms with Crippen LogP contribution >= 0.6 is 11.6 Å². The minimum absolute atomic E-state index is 0.0713. The van der Waals surface area contributed by atoms with E-state index < -0.39 is 11.8 Å². The zero-order valence-corrected chi connectivity index (χ0v) is 10.0. The Morgan fingerprint density at radius 1 is 1.50 bits per heavy atom. The SMILES string of the molecule is CC(Cl)C(=O)N1CC(CC(F)F)(C2CC2)C1. The molecular formula is C11H16ClF2NO. The third-order valence-electron chi connectivity index (χ3n) is 3.67. The van der Waals surface area contributed by atoms with Gasteiger partial charge in [-0.05, 0) is 25.7 Å². The quantitative estimate of drug-likeness (QED) is 0.703. The number of alkyl halides is 3. The molecule has 2 nitrogen and oxygen atoms in total. The lowest BCUT2D eigenvalue weighted by molar-refractivity contribution is -0.147. The van der Waals surface area contributed by atoms with Gasteiger partial charge in [0.2, 0.25) is 12.3 Å². The van der Waals surface area contributed by atoms with Gasteiger partial charge in [0.1, 0.15) is 5.38 Å². The molecule has 0 spiro atoms. The molecule has 0 radical (unpaired) electrons. The Hall–Kier alpha value is -0.380. The van der Waals surface area contributed by atoms with E-state index in [4.69, 9.17) is 11.6 Å². The normalized spacial score (nSPS) is 25.4. The minimum Gasteiger partial charge on any atom is -0.340 e. The van der Waals surface area contributed by atoms with Crippen molar-refractivity contribution in [1.82, 2.24) is 4.90 Å². The van der Waals surface area contributed by atoms with E-state index >= 15 is 0 Å². The van der Waals surface area contributed by atoms with Gasteiger partial charge in [-0.3, -0.25) is 4.79 Å². The highest BCUT2D eigenvalue weighted by molar-refractivity contribution is 6.30. The number of rotatable bonds is 4. The average Bonchev–Trinajstić information content (AvgIpc) is 2.91. The highest BCUT2D eigenvalue weighted by Gasteiger charge is 2.55. The second kappa shape index (κ2) is 4.13. The molecule has 5 heteroatoms. The molecule has 1 aliphatic heterocycles. The van der Waals surface area contributed by atoms with Crippen LogP contribution in [0.15, 0.2) is 0 Å². The first-order valence-electron chi connectivity index (χ1n) is 5.65. The van der Waals surface area contributed by atoms with E-state index in [1.165, 1.54) is 0 Å². The van der Waals surface area contributed by atoms with Crippen LogP contribution in [0, 0.1) is 11.3 Å². The molecule has 1 unspecified atom stereocenters. The summed E-state index contributed by atoms with van der Waals surface area (Å²) in [4.78, 5) is 13.2. The van der Waals surface area contributed by atoms with Gasteiger partial charge >= 0.3 is 0 Å². The third-order valence-corrected chi connectivity index (χ3v) is 3.85. The van der Waals surface area contributed by atoms with E-state index in [-0.39, 0.29) is 17.7 Å². The Balaban J connectivity index is 1.93. The van der Waals surface area contributed by atoms with E-state index in [0.29, 0.717) is 19.0 Å². The molecule has 0 N–H and O–H groups in total. The molecule has 0 aromatic rings. The van der Waals surface area contributed by atoms with Crippen LogP contribution in [0.4, 0.5) is 8.78 Å². The molecule has 1 saturated heterocycles. The fourth-order valence-electron chi connectivity index (χ4n) is 2.68. The third kappa shape index (κ3) is 2.17. The van der Waals surface area contributed by atoms with Crippen molar-refractivity contribution < 1.29 is 13.6 Å². The predicted molar refractivity (Wildman–Crippen MR) is 57.7 cm³/mol. The van der Waals surface area contributed by atoms with Crippen LogP contribution in [0.5, 0.6) is 0 Å². The molecule has 16 heavy (non-hydrogen) atoms. The monoisotopic (exact) mass is 251 g/mol. The number of hydrogen-bond acceptors (Lipinski definition) is 1. The van der Waals surface area contributed by atoms with Crippen molar-refractivity contribution in [2.24, 2.45) is 11.3 Å². The van der Waals surface area contributed by atoms with Gasteiger partial charge in [0.15, 0.2) is 0 Å². The van der Waals surface area contributed by atoms with Gasteiger partial charge in [0.25, 0.3) is 0 Å². The zero-order chi connectivity index (χ0) is 11.9. The number of carbonyl (C=O) groups is 1. The van der Waals surface area contributed by atoms with Crippen LogP contribution in [0.3, 0.4) is 0 Å². The number of nitrogens with zero attached hydrogens (tertiary/aromatic N) is 1. The van der Waals surface area contributed by atoms with E-state index in [1.54, 1.807) is 11.8 Å². The molecule has 1 aliphatic carbocycles. The van der Waals surface area contributed by atoms with Crippen LogP contribution in [-0.2, 0) is 4.79 Å². The van der Waals surface area contributed by atoms with Crippen molar-refractivity contribution in [2.45, 2.75) is 38.0 Å². The lowest BCUT2D eigenvalue weighted by atomic mass is 9.72. The van der Waals surface area contributed by atoms with Gasteiger partial charge in [-0.1, -0.05) is 0 Å². The number of amides is 1. The fraction of sp³-hybridized carbons (Fsp3) is 0.909. The highest BCUT2D eigenvalue weighted by atomic mass is 35.5. The summed E-state index contributed by atoms with van der Waals surface area (Å²) in [6.45, 7) is 2.56. The van der Waals surface area contributed by atoms with Crippen LogP contribution in [0.2, 0.25) is 0 Å². The standard InChI is InChI=1S/C11H16ClF2NO/c1-7(12)10(16)15-5-11(6-15,4-9(13)14)8-2-3-8/h7-9H,2-6H2,1H3. The van der Waals surface area contributed by atoms with Gasteiger partial charge in [-0.15, -0.1) is 11.6 Å². The first-order chi connectivity index (χ1) is 7.44. The van der Waals surface area contributed by atoms with Crippen molar-refractivity contribution in [2.75, 3.05) is 13.1 Å². The van der Waals surface area contributed by atoms with Crippen LogP contribution in [-0.4, -0.2) is 35.7 Å². The lowest BCUT2D eigenvalue weighted by Gasteiger charge is -2.51. The van der Waals surface area contributed by atoms with Crippen molar-refractivity contribution in [3.05, 3.63) is 0 Å². The second-order valence-electron chi connectivity index (χ2n) is 5.04. The van der Waals surface area contributed by atoms with Gasteiger partial charge in [-0.2, -0.15) is 0 Å². The Bertz CT molecular complexity index is 286. The van der Waals surface area contributed by atoms with Gasteiger partial charge in [0.05, 0.1) is 0 Å². The van der Waals surface area contributed by atoms with E-state index in [1.807, 2.05) is 0 Å². The molecule has 0 aromatic heterocycles. The van der Waals surface area contributed by atoms with E-state index in [9.17, 15) is 13.6 Å². The number of halogens is 3. The maximum Gasteiger partial charge on any atom is 0.240 e. The van der Waals surface area contributed by atoms with Gasteiger partial charge < -0.3 is 4.90 Å². The topological polar surface area (TPSA) is 20.3 Å². The summed E-state index contributed by atoms with van der Waals surface area (Å²) in [7, 11) is 0. The smallest absolute Gasteiger partial charge is 0.240 e. The Kier molecular flexibility index (Phi) is 3.12. The largest absolute Gasteiger partial charge is 0.340 e. The summed E-state index contributed by atoms with van der Waals surface area (Å²) in [5.74, 6) is 0.267. The summed E-state index contributed by atoms with van der Waals surface area (Å²) in [5.41, 5.74) is -0.310. The maximum atomic E-state index is 12.5. The number of hydrogen-bond donors (Lipinski definition) is 0. The molecule has 0 bridgehead atoms. The molecule has 2 fully saturated rings. The van der Waals surface area contributed by atoms with Gasteiger partial charge in [-0.25, -0.2) is 8.78 Å². The molecule has 1 atom stereocenters. The average molecular weight is 252 g/mol. The van der Waals surface area contributed by atoms with Crippen molar-refractivity contribution in [3.8, 4) is 0 Å². The minimum atomic E-state index is -2.27. The van der Waals surface area contributed by atoms with Crippen LogP contribution < -0.4 is 0 Å². The summed E-state index contributed by atoms with van der Waals surface area (Å²) in [5, 5.41) is -0.552. The first-order valence-corrected chi connectivity index (χ1v) is 6.09. The zero-order valence-electron chi connectivity index (χ0n) is 9.26. The molecule has 0 aromatic carbocycles. The number of likely N-dealkylation sites (tertiary alicyclic amines) is 1. The van der Waals surface area contributed by atoms with Crippen molar-refractivity contribution in [1.29, 1.82) is 0 Å². The summed E-state index contributed by atoms with van der Waals surface area (Å²) in [6.07, 6.45) is -0.277. The summed E-state index contributed by atoms with van der Waals surface area (Å²) >= 11 is 5.69. The summed E-state index contributed by atoms with van der Waals surface area (Å²) in [6, 6.07) is 0. The molecule has 1 heterocycles. The molecule has 1 saturated carbocycles. The number of carbonyl (C=O) groups excluding carboxylic acids is 1. The van der Waals surface area contributed by atoms with E-state index in [0.717, 1.165) is 12.8 Å². The fourth-order valence-corrected chi connectivity index (χ4v) is 2.82. The Morgan fingerprint density at radius 2 is 2.06 bits per heavy atom.